The summed E-state index contributed by atoms with van der Waals surface area (Å²) in [6.07, 6.45) is 3.81. The maximum absolute atomic E-state index is 8.79. The molecule has 0 bridgehead atoms. The maximum atomic E-state index is 8.79. The van der Waals surface area contributed by atoms with Gasteiger partial charge in [-0.25, -0.2) is 0 Å². The van der Waals surface area contributed by atoms with Crippen molar-refractivity contribution >= 4 is 0 Å². The summed E-state index contributed by atoms with van der Waals surface area (Å²) in [5.74, 6) is 0.922. The fraction of sp³-hybridized carbons (Fsp3) is 0.333. The molecule has 0 aromatic heterocycles. The minimum atomic E-state index is 0.248. The zero-order valence-corrected chi connectivity index (χ0v) is 11.8. The Bertz CT molecular complexity index is 477. The van der Waals surface area contributed by atoms with Gasteiger partial charge in [-0.1, -0.05) is 42.5 Å². The van der Waals surface area contributed by atoms with Gasteiger partial charge >= 0.3 is 0 Å². The van der Waals surface area contributed by atoms with E-state index in [1.165, 1.54) is 11.1 Å². The van der Waals surface area contributed by atoms with Crippen LogP contribution in [0.15, 0.2) is 54.6 Å². The van der Waals surface area contributed by atoms with E-state index >= 15 is 0 Å². The van der Waals surface area contributed by atoms with Crippen LogP contribution < -0.4 is 4.74 Å². The maximum Gasteiger partial charge on any atom is 0.119 e. The summed E-state index contributed by atoms with van der Waals surface area (Å²) in [6.45, 7) is 0.989. The molecule has 0 amide bonds. The van der Waals surface area contributed by atoms with Crippen molar-refractivity contribution in [3.8, 4) is 5.75 Å². The van der Waals surface area contributed by atoms with E-state index in [0.29, 0.717) is 0 Å². The first kappa shape index (κ1) is 14.6. The molecule has 0 atom stereocenters. The van der Waals surface area contributed by atoms with Crippen LogP contribution in [0.4, 0.5) is 0 Å². The van der Waals surface area contributed by atoms with E-state index in [1.54, 1.807) is 0 Å². The molecule has 1 N–H and O–H groups in total. The smallest absolute Gasteiger partial charge is 0.119 e. The highest BCUT2D eigenvalue weighted by atomic mass is 16.5. The lowest BCUT2D eigenvalue weighted by atomic mass is 10.1. The number of aryl methyl sites for hydroxylation is 2. The van der Waals surface area contributed by atoms with Gasteiger partial charge < -0.3 is 9.84 Å². The number of hydrogen-bond acceptors (Lipinski definition) is 2. The van der Waals surface area contributed by atoms with Crippen LogP contribution in [0.1, 0.15) is 24.0 Å². The van der Waals surface area contributed by atoms with Crippen molar-refractivity contribution in [2.75, 3.05) is 13.2 Å². The van der Waals surface area contributed by atoms with Crippen molar-refractivity contribution in [3.05, 3.63) is 65.7 Å². The van der Waals surface area contributed by atoms with E-state index in [1.807, 2.05) is 18.2 Å². The van der Waals surface area contributed by atoms with E-state index < -0.39 is 0 Å². The summed E-state index contributed by atoms with van der Waals surface area (Å²) in [5.41, 5.74) is 2.60. The van der Waals surface area contributed by atoms with Crippen LogP contribution in [-0.4, -0.2) is 18.3 Å². The molecular formula is C18H22O2. The second kappa shape index (κ2) is 8.39. The van der Waals surface area contributed by atoms with Gasteiger partial charge in [-0.3, -0.25) is 0 Å². The van der Waals surface area contributed by atoms with Gasteiger partial charge in [-0.05, 0) is 48.9 Å². The van der Waals surface area contributed by atoms with E-state index in [4.69, 9.17) is 9.84 Å². The minimum Gasteiger partial charge on any atom is -0.494 e. The number of aliphatic hydroxyl groups is 1. The summed E-state index contributed by atoms with van der Waals surface area (Å²) >= 11 is 0. The Labute approximate surface area is 121 Å². The SMILES string of the molecule is OCCCc1ccc(OCCCc2ccccc2)cc1. The third kappa shape index (κ3) is 5.06. The van der Waals surface area contributed by atoms with Crippen LogP contribution in [0.2, 0.25) is 0 Å². The molecule has 2 nitrogen and oxygen atoms in total. The number of ether oxygens (including phenoxy) is 1. The van der Waals surface area contributed by atoms with Gasteiger partial charge in [-0.2, -0.15) is 0 Å². The Kier molecular flexibility index (Phi) is 6.12. The summed E-state index contributed by atoms with van der Waals surface area (Å²) in [4.78, 5) is 0. The Morgan fingerprint density at radius 3 is 2.10 bits per heavy atom. The van der Waals surface area contributed by atoms with Crippen molar-refractivity contribution in [2.45, 2.75) is 25.7 Å². The van der Waals surface area contributed by atoms with E-state index in [2.05, 4.69) is 36.4 Å². The second-order valence-corrected chi connectivity index (χ2v) is 4.91. The molecule has 0 heterocycles. The number of hydrogen-bond donors (Lipinski definition) is 1. The zero-order valence-electron chi connectivity index (χ0n) is 11.8. The third-order valence-electron chi connectivity index (χ3n) is 3.27. The first-order valence-corrected chi connectivity index (χ1v) is 7.25. The molecule has 2 heteroatoms. The standard InChI is InChI=1S/C18H22O2/c19-14-4-8-17-10-12-18(13-11-17)20-15-5-9-16-6-2-1-3-7-16/h1-3,6-7,10-13,19H,4-5,8-9,14-15H2. The quantitative estimate of drug-likeness (QED) is 0.742. The first-order chi connectivity index (χ1) is 9.88. The first-order valence-electron chi connectivity index (χ1n) is 7.25. The fourth-order valence-electron chi connectivity index (χ4n) is 2.15. The average molecular weight is 270 g/mol. The predicted octanol–water partition coefficient (Wildman–Crippen LogP) is 3.62. The third-order valence-corrected chi connectivity index (χ3v) is 3.27. The van der Waals surface area contributed by atoms with Gasteiger partial charge in [0.2, 0.25) is 0 Å². The largest absolute Gasteiger partial charge is 0.494 e. The highest BCUT2D eigenvalue weighted by Crippen LogP contribution is 2.14. The van der Waals surface area contributed by atoms with Gasteiger partial charge in [0.15, 0.2) is 0 Å². The van der Waals surface area contributed by atoms with Crippen LogP contribution in [0.5, 0.6) is 5.75 Å². The fourth-order valence-corrected chi connectivity index (χ4v) is 2.15. The van der Waals surface area contributed by atoms with Crippen molar-refractivity contribution in [3.63, 3.8) is 0 Å². The molecule has 2 aromatic carbocycles. The second-order valence-electron chi connectivity index (χ2n) is 4.91. The molecule has 0 unspecified atom stereocenters. The number of aliphatic hydroxyl groups excluding tert-OH is 1. The van der Waals surface area contributed by atoms with Gasteiger partial charge in [0.1, 0.15) is 5.75 Å². The molecule has 0 saturated carbocycles. The van der Waals surface area contributed by atoms with Gasteiger partial charge in [0.25, 0.3) is 0 Å². The molecule has 0 spiro atoms. The zero-order chi connectivity index (χ0) is 14.0. The summed E-state index contributed by atoms with van der Waals surface area (Å²) in [7, 11) is 0. The van der Waals surface area contributed by atoms with Crippen molar-refractivity contribution in [1.29, 1.82) is 0 Å². The highest BCUT2D eigenvalue weighted by Gasteiger charge is 1.97. The van der Waals surface area contributed by atoms with Crippen molar-refractivity contribution < 1.29 is 9.84 Å². The van der Waals surface area contributed by atoms with Crippen molar-refractivity contribution in [2.24, 2.45) is 0 Å². The van der Waals surface area contributed by atoms with Gasteiger partial charge in [0.05, 0.1) is 6.61 Å². The average Bonchev–Trinajstić information content (AvgIpc) is 2.52. The molecule has 20 heavy (non-hydrogen) atoms. The molecule has 106 valence electrons. The Morgan fingerprint density at radius 1 is 0.750 bits per heavy atom. The molecule has 2 aromatic rings. The predicted molar refractivity (Wildman–Crippen MR) is 82.1 cm³/mol. The minimum absolute atomic E-state index is 0.248. The Balaban J connectivity index is 1.69. The van der Waals surface area contributed by atoms with Crippen LogP contribution in [0, 0.1) is 0 Å². The molecule has 0 radical (unpaired) electrons. The van der Waals surface area contributed by atoms with E-state index in [-0.39, 0.29) is 6.61 Å². The molecule has 0 saturated heterocycles. The molecule has 2 rings (SSSR count). The topological polar surface area (TPSA) is 29.5 Å². The van der Waals surface area contributed by atoms with Crippen molar-refractivity contribution in [1.82, 2.24) is 0 Å². The molecule has 0 aliphatic carbocycles. The van der Waals surface area contributed by atoms with E-state index in [9.17, 15) is 0 Å². The number of benzene rings is 2. The molecule has 0 fully saturated rings. The lowest BCUT2D eigenvalue weighted by molar-refractivity contribution is 0.288. The Morgan fingerprint density at radius 2 is 1.40 bits per heavy atom. The normalized spacial score (nSPS) is 10.4. The Hall–Kier alpha value is -1.80. The van der Waals surface area contributed by atoms with Gasteiger partial charge in [-0.15, -0.1) is 0 Å². The van der Waals surface area contributed by atoms with E-state index in [0.717, 1.165) is 38.0 Å². The lowest BCUT2D eigenvalue weighted by Gasteiger charge is -2.07. The van der Waals surface area contributed by atoms with Crippen LogP contribution in [0.3, 0.4) is 0 Å². The summed E-state index contributed by atoms with van der Waals surface area (Å²) < 4.78 is 5.74. The monoisotopic (exact) mass is 270 g/mol. The molecular weight excluding hydrogens is 248 g/mol. The number of rotatable bonds is 8. The van der Waals surface area contributed by atoms with Crippen LogP contribution in [0.25, 0.3) is 0 Å². The molecule has 0 aliphatic rings. The lowest BCUT2D eigenvalue weighted by Crippen LogP contribution is -1.99. The highest BCUT2D eigenvalue weighted by molar-refractivity contribution is 5.27. The summed E-state index contributed by atoms with van der Waals surface area (Å²) in [5, 5.41) is 8.79. The van der Waals surface area contributed by atoms with Crippen LogP contribution in [-0.2, 0) is 12.8 Å². The van der Waals surface area contributed by atoms with Crippen LogP contribution >= 0.6 is 0 Å². The summed E-state index contributed by atoms with van der Waals surface area (Å²) in [6, 6.07) is 18.6. The molecule has 0 aliphatic heterocycles. The van der Waals surface area contributed by atoms with Gasteiger partial charge in [0, 0.05) is 6.61 Å².